The van der Waals surface area contributed by atoms with Crippen LogP contribution < -0.4 is 5.32 Å². The first-order valence-electron chi connectivity index (χ1n) is 5.52. The third kappa shape index (κ3) is 5.04. The molecule has 0 aliphatic rings. The Morgan fingerprint density at radius 1 is 1.47 bits per heavy atom. The highest BCUT2D eigenvalue weighted by atomic mass is 35.5. The van der Waals surface area contributed by atoms with E-state index in [1.807, 2.05) is 0 Å². The number of carbonyl (C=O) groups is 1. The normalized spacial score (nSPS) is 10.1. The van der Waals surface area contributed by atoms with Crippen LogP contribution in [0.1, 0.15) is 26.2 Å². The smallest absolute Gasteiger partial charge is 0.411 e. The van der Waals surface area contributed by atoms with E-state index >= 15 is 0 Å². The second-order valence-corrected chi connectivity index (χ2v) is 4.00. The summed E-state index contributed by atoms with van der Waals surface area (Å²) >= 11 is 5.58. The fourth-order valence-corrected chi connectivity index (χ4v) is 1.43. The maximum absolute atomic E-state index is 12.8. The number of nitrogens with one attached hydrogen (secondary N) is 1. The fourth-order valence-electron chi connectivity index (χ4n) is 1.24. The second kappa shape index (κ2) is 7.12. The first kappa shape index (κ1) is 13.8. The van der Waals surface area contributed by atoms with Crippen LogP contribution in [-0.2, 0) is 4.74 Å². The number of rotatable bonds is 5. The summed E-state index contributed by atoms with van der Waals surface area (Å²) in [4.78, 5) is 11.3. The van der Waals surface area contributed by atoms with Gasteiger partial charge >= 0.3 is 6.09 Å². The van der Waals surface area contributed by atoms with Crippen LogP contribution in [0.3, 0.4) is 0 Å². The molecule has 0 heterocycles. The zero-order valence-electron chi connectivity index (χ0n) is 9.63. The molecule has 1 rings (SSSR count). The van der Waals surface area contributed by atoms with E-state index in [0.29, 0.717) is 12.3 Å². The average molecular weight is 260 g/mol. The summed E-state index contributed by atoms with van der Waals surface area (Å²) in [5.74, 6) is -0.520. The van der Waals surface area contributed by atoms with Crippen LogP contribution in [0.15, 0.2) is 18.2 Å². The largest absolute Gasteiger partial charge is 0.449 e. The number of benzene rings is 1. The summed E-state index contributed by atoms with van der Waals surface area (Å²) in [5, 5.41) is 2.44. The van der Waals surface area contributed by atoms with Crippen molar-refractivity contribution in [2.24, 2.45) is 0 Å². The summed E-state index contributed by atoms with van der Waals surface area (Å²) < 4.78 is 17.8. The molecular weight excluding hydrogens is 245 g/mol. The predicted molar refractivity (Wildman–Crippen MR) is 65.9 cm³/mol. The van der Waals surface area contributed by atoms with Crippen LogP contribution in [0.2, 0.25) is 5.02 Å². The van der Waals surface area contributed by atoms with E-state index in [4.69, 9.17) is 16.3 Å². The average Bonchev–Trinajstić information content (AvgIpc) is 2.30. The molecule has 0 bridgehead atoms. The van der Waals surface area contributed by atoms with Crippen LogP contribution in [0.5, 0.6) is 0 Å². The molecule has 3 nitrogen and oxygen atoms in total. The molecule has 0 aromatic heterocycles. The Labute approximate surface area is 105 Å². The zero-order valence-corrected chi connectivity index (χ0v) is 10.4. The van der Waals surface area contributed by atoms with Crippen molar-refractivity contribution in [1.29, 1.82) is 0 Å². The van der Waals surface area contributed by atoms with Gasteiger partial charge in [0.15, 0.2) is 0 Å². The highest BCUT2D eigenvalue weighted by molar-refractivity contribution is 6.31. The highest BCUT2D eigenvalue weighted by Crippen LogP contribution is 2.19. The Morgan fingerprint density at radius 2 is 2.24 bits per heavy atom. The minimum absolute atomic E-state index is 0.0335. The van der Waals surface area contributed by atoms with Gasteiger partial charge in [0.25, 0.3) is 0 Å². The van der Waals surface area contributed by atoms with E-state index in [0.717, 1.165) is 19.3 Å². The summed E-state index contributed by atoms with van der Waals surface area (Å²) in [5.41, 5.74) is 0.414. The van der Waals surface area contributed by atoms with Gasteiger partial charge in [0, 0.05) is 5.69 Å². The van der Waals surface area contributed by atoms with Crippen molar-refractivity contribution in [3.63, 3.8) is 0 Å². The lowest BCUT2D eigenvalue weighted by Crippen LogP contribution is -2.14. The maximum Gasteiger partial charge on any atom is 0.411 e. The Balaban J connectivity index is 2.37. The molecule has 0 spiro atoms. The quantitative estimate of drug-likeness (QED) is 0.804. The third-order valence-electron chi connectivity index (χ3n) is 2.15. The SMILES string of the molecule is CCCCCOC(=O)Nc1ccc(F)c(Cl)c1. The minimum atomic E-state index is -0.552. The lowest BCUT2D eigenvalue weighted by atomic mass is 10.3. The highest BCUT2D eigenvalue weighted by Gasteiger charge is 2.05. The van der Waals surface area contributed by atoms with Gasteiger partial charge in [-0.2, -0.15) is 0 Å². The summed E-state index contributed by atoms with van der Waals surface area (Å²) in [7, 11) is 0. The van der Waals surface area contributed by atoms with Gasteiger partial charge < -0.3 is 4.74 Å². The fraction of sp³-hybridized carbons (Fsp3) is 0.417. The van der Waals surface area contributed by atoms with Crippen LogP contribution in [0, 0.1) is 5.82 Å². The van der Waals surface area contributed by atoms with Crippen LogP contribution in [0.25, 0.3) is 0 Å². The number of halogens is 2. The van der Waals surface area contributed by atoms with Crippen LogP contribution in [-0.4, -0.2) is 12.7 Å². The molecule has 0 aliphatic heterocycles. The molecule has 5 heteroatoms. The molecule has 0 aliphatic carbocycles. The number of carbonyl (C=O) groups excluding carboxylic acids is 1. The van der Waals surface area contributed by atoms with Crippen LogP contribution in [0.4, 0.5) is 14.9 Å². The zero-order chi connectivity index (χ0) is 12.7. The molecule has 0 saturated carbocycles. The lowest BCUT2D eigenvalue weighted by Gasteiger charge is -2.07. The van der Waals surface area contributed by atoms with E-state index in [2.05, 4.69) is 12.2 Å². The molecule has 0 fully saturated rings. The molecule has 0 atom stereocenters. The van der Waals surface area contributed by atoms with E-state index in [1.165, 1.54) is 18.2 Å². The number of amides is 1. The number of hydrogen-bond donors (Lipinski definition) is 1. The molecular formula is C12H15ClFNO2. The maximum atomic E-state index is 12.8. The number of anilines is 1. The monoisotopic (exact) mass is 259 g/mol. The first-order valence-corrected chi connectivity index (χ1v) is 5.90. The van der Waals surface area contributed by atoms with Gasteiger partial charge in [-0.25, -0.2) is 9.18 Å². The number of unbranched alkanes of at least 4 members (excludes halogenated alkanes) is 2. The van der Waals surface area contributed by atoms with E-state index < -0.39 is 11.9 Å². The van der Waals surface area contributed by atoms with Gasteiger partial charge in [0.1, 0.15) is 5.82 Å². The van der Waals surface area contributed by atoms with E-state index in [-0.39, 0.29) is 5.02 Å². The van der Waals surface area contributed by atoms with Crippen molar-refractivity contribution < 1.29 is 13.9 Å². The van der Waals surface area contributed by atoms with E-state index in [1.54, 1.807) is 0 Å². The molecule has 1 amide bonds. The lowest BCUT2D eigenvalue weighted by molar-refractivity contribution is 0.159. The van der Waals surface area contributed by atoms with Crippen molar-refractivity contribution >= 4 is 23.4 Å². The second-order valence-electron chi connectivity index (χ2n) is 3.60. The van der Waals surface area contributed by atoms with E-state index in [9.17, 15) is 9.18 Å². The number of ether oxygens (including phenoxy) is 1. The molecule has 1 aromatic carbocycles. The van der Waals surface area contributed by atoms with Crippen molar-refractivity contribution in [2.45, 2.75) is 26.2 Å². The molecule has 0 radical (unpaired) electrons. The Bertz CT molecular complexity index is 385. The summed E-state index contributed by atoms with van der Waals surface area (Å²) in [6.45, 7) is 2.45. The molecule has 0 saturated heterocycles. The van der Waals surface area contributed by atoms with Gasteiger partial charge in [0.05, 0.1) is 11.6 Å². The van der Waals surface area contributed by atoms with Gasteiger partial charge in [-0.1, -0.05) is 31.4 Å². The van der Waals surface area contributed by atoms with Gasteiger partial charge in [0.2, 0.25) is 0 Å². The van der Waals surface area contributed by atoms with Crippen molar-refractivity contribution in [3.05, 3.63) is 29.0 Å². The van der Waals surface area contributed by atoms with Crippen molar-refractivity contribution in [3.8, 4) is 0 Å². The third-order valence-corrected chi connectivity index (χ3v) is 2.44. The van der Waals surface area contributed by atoms with Crippen molar-refractivity contribution in [2.75, 3.05) is 11.9 Å². The molecule has 17 heavy (non-hydrogen) atoms. The first-order chi connectivity index (χ1) is 8.13. The van der Waals surface area contributed by atoms with Gasteiger partial charge in [-0.05, 0) is 24.6 Å². The predicted octanol–water partition coefficient (Wildman–Crippen LogP) is 4.22. The summed E-state index contributed by atoms with van der Waals surface area (Å²) in [6, 6.07) is 3.95. The van der Waals surface area contributed by atoms with Crippen molar-refractivity contribution in [1.82, 2.24) is 0 Å². The van der Waals surface area contributed by atoms with Gasteiger partial charge in [-0.3, -0.25) is 5.32 Å². The Kier molecular flexibility index (Phi) is 5.77. The molecule has 1 aromatic rings. The standard InChI is InChI=1S/C12H15ClFNO2/c1-2-3-4-7-17-12(16)15-9-5-6-11(14)10(13)8-9/h5-6,8H,2-4,7H2,1H3,(H,15,16). The Morgan fingerprint density at radius 3 is 2.88 bits per heavy atom. The molecule has 94 valence electrons. The Hall–Kier alpha value is -1.29. The van der Waals surface area contributed by atoms with Crippen LogP contribution >= 0.6 is 11.6 Å². The van der Waals surface area contributed by atoms with Gasteiger partial charge in [-0.15, -0.1) is 0 Å². The molecule has 0 unspecified atom stereocenters. The summed E-state index contributed by atoms with van der Waals surface area (Å²) in [6.07, 6.45) is 2.38. The minimum Gasteiger partial charge on any atom is -0.449 e. The molecule has 1 N–H and O–H groups in total. The topological polar surface area (TPSA) is 38.3 Å². The number of hydrogen-bond acceptors (Lipinski definition) is 2.